The van der Waals surface area contributed by atoms with Gasteiger partial charge in [-0.1, -0.05) is 18.9 Å². The van der Waals surface area contributed by atoms with Gasteiger partial charge in [-0.05, 0) is 25.0 Å². The van der Waals surface area contributed by atoms with E-state index in [4.69, 9.17) is 0 Å². The average molecular weight is 340 g/mol. The molecule has 4 rings (SSSR count). The van der Waals surface area contributed by atoms with Gasteiger partial charge in [0.15, 0.2) is 0 Å². The van der Waals surface area contributed by atoms with Gasteiger partial charge in [0.1, 0.15) is 5.65 Å². The lowest BCUT2D eigenvalue weighted by Gasteiger charge is -2.23. The lowest BCUT2D eigenvalue weighted by atomic mass is 10.1. The fraction of sp³-hybridized carbons (Fsp3) is 0.526. The predicted octanol–water partition coefficient (Wildman–Crippen LogP) is 1.78. The number of rotatable bonds is 5. The molecule has 2 aromatic rings. The molecule has 0 bridgehead atoms. The maximum Gasteiger partial charge on any atom is 0.225 e. The topological polar surface area (TPSA) is 66.7 Å². The van der Waals surface area contributed by atoms with Gasteiger partial charge in [-0.3, -0.25) is 9.59 Å². The number of nitrogens with zero attached hydrogens (tertiary/aromatic N) is 3. The van der Waals surface area contributed by atoms with Gasteiger partial charge in [0.2, 0.25) is 11.8 Å². The van der Waals surface area contributed by atoms with Crippen LogP contribution in [0.2, 0.25) is 0 Å². The summed E-state index contributed by atoms with van der Waals surface area (Å²) in [5, 5.41) is 2.98. The van der Waals surface area contributed by atoms with E-state index in [1.165, 1.54) is 12.8 Å². The fourth-order valence-corrected chi connectivity index (χ4v) is 4.04. The molecule has 1 saturated heterocycles. The van der Waals surface area contributed by atoms with E-state index >= 15 is 0 Å². The van der Waals surface area contributed by atoms with E-state index in [9.17, 15) is 9.59 Å². The number of hydrogen-bond donors (Lipinski definition) is 1. The van der Waals surface area contributed by atoms with E-state index in [0.717, 1.165) is 24.2 Å². The Labute approximate surface area is 147 Å². The second kappa shape index (κ2) is 6.86. The first-order valence-corrected chi connectivity index (χ1v) is 9.20. The van der Waals surface area contributed by atoms with Crippen LogP contribution >= 0.6 is 0 Å². The number of amides is 2. The first-order valence-electron chi connectivity index (χ1n) is 9.20. The molecule has 6 nitrogen and oxygen atoms in total. The zero-order chi connectivity index (χ0) is 17.2. The number of likely N-dealkylation sites (tertiary alicyclic amines) is 1. The Balaban J connectivity index is 1.28. The van der Waals surface area contributed by atoms with Crippen molar-refractivity contribution in [2.24, 2.45) is 5.92 Å². The van der Waals surface area contributed by atoms with Gasteiger partial charge < -0.3 is 14.6 Å². The van der Waals surface area contributed by atoms with Crippen LogP contribution in [0.25, 0.3) is 5.65 Å². The van der Waals surface area contributed by atoms with Crippen LogP contribution in [-0.2, 0) is 16.0 Å². The Morgan fingerprint density at radius 1 is 1.28 bits per heavy atom. The van der Waals surface area contributed by atoms with Gasteiger partial charge in [0.25, 0.3) is 0 Å². The quantitative estimate of drug-likeness (QED) is 0.902. The Kier molecular flexibility index (Phi) is 4.42. The monoisotopic (exact) mass is 340 g/mol. The molecular formula is C19H24N4O2. The summed E-state index contributed by atoms with van der Waals surface area (Å²) in [6, 6.07) is 6.25. The highest BCUT2D eigenvalue weighted by Crippen LogP contribution is 2.29. The molecule has 0 radical (unpaired) electrons. The largest absolute Gasteiger partial charge is 0.355 e. The fourth-order valence-electron chi connectivity index (χ4n) is 4.04. The molecule has 132 valence electrons. The average Bonchev–Trinajstić information content (AvgIpc) is 3.33. The molecule has 1 N–H and O–H groups in total. The SMILES string of the molecule is O=C(NCCc1cn2ccccc2n1)[C@H]1CC(=O)N(C2CCCC2)C1. The van der Waals surface area contributed by atoms with E-state index in [1.54, 1.807) is 0 Å². The number of hydrogen-bond acceptors (Lipinski definition) is 3. The maximum absolute atomic E-state index is 12.4. The predicted molar refractivity (Wildman–Crippen MR) is 94.0 cm³/mol. The molecule has 1 aliphatic heterocycles. The summed E-state index contributed by atoms with van der Waals surface area (Å²) in [4.78, 5) is 31.1. The number of carbonyl (C=O) groups excluding carboxylic acids is 2. The second-order valence-corrected chi connectivity index (χ2v) is 7.12. The highest BCUT2D eigenvalue weighted by molar-refractivity contribution is 5.89. The standard InChI is InChI=1S/C19H24N4O2/c24-18-11-14(12-23(18)16-5-1-2-6-16)19(25)20-9-8-15-13-22-10-4-3-7-17(22)21-15/h3-4,7,10,13-14,16H,1-2,5-6,8-9,11-12H2,(H,20,25)/t14-/m0/s1. The van der Waals surface area contributed by atoms with Crippen molar-refractivity contribution in [1.29, 1.82) is 0 Å². The molecule has 2 fully saturated rings. The maximum atomic E-state index is 12.4. The van der Waals surface area contributed by atoms with E-state index in [1.807, 2.05) is 39.9 Å². The molecule has 2 aromatic heterocycles. The van der Waals surface area contributed by atoms with Crippen molar-refractivity contribution in [1.82, 2.24) is 19.6 Å². The molecule has 2 aliphatic rings. The molecule has 0 aromatic carbocycles. The van der Waals surface area contributed by atoms with Gasteiger partial charge in [-0.25, -0.2) is 4.98 Å². The van der Waals surface area contributed by atoms with Crippen LogP contribution in [0.1, 0.15) is 37.8 Å². The molecule has 0 unspecified atom stereocenters. The Hall–Kier alpha value is -2.37. The van der Waals surface area contributed by atoms with Crippen LogP contribution in [0.5, 0.6) is 0 Å². The van der Waals surface area contributed by atoms with Crippen LogP contribution in [0.4, 0.5) is 0 Å². The summed E-state index contributed by atoms with van der Waals surface area (Å²) < 4.78 is 1.98. The van der Waals surface area contributed by atoms with Gasteiger partial charge in [-0.15, -0.1) is 0 Å². The van der Waals surface area contributed by atoms with Crippen molar-refractivity contribution in [2.75, 3.05) is 13.1 Å². The molecule has 1 atom stereocenters. The summed E-state index contributed by atoms with van der Waals surface area (Å²) in [6.07, 6.45) is 9.59. The van der Waals surface area contributed by atoms with Crippen molar-refractivity contribution >= 4 is 17.5 Å². The number of fused-ring (bicyclic) bond motifs is 1. The smallest absolute Gasteiger partial charge is 0.225 e. The number of pyridine rings is 1. The van der Waals surface area contributed by atoms with E-state index < -0.39 is 0 Å². The minimum absolute atomic E-state index is 0.00221. The molecule has 0 spiro atoms. The van der Waals surface area contributed by atoms with Crippen LogP contribution in [-0.4, -0.2) is 45.2 Å². The molecular weight excluding hydrogens is 316 g/mol. The summed E-state index contributed by atoms with van der Waals surface area (Å²) >= 11 is 0. The molecule has 3 heterocycles. The molecule has 25 heavy (non-hydrogen) atoms. The zero-order valence-electron chi connectivity index (χ0n) is 14.4. The van der Waals surface area contributed by atoms with Gasteiger partial charge in [0, 0.05) is 44.4 Å². The van der Waals surface area contributed by atoms with Crippen LogP contribution in [0, 0.1) is 5.92 Å². The third kappa shape index (κ3) is 3.38. The normalized spacial score (nSPS) is 21.4. The molecule has 1 saturated carbocycles. The highest BCUT2D eigenvalue weighted by atomic mass is 16.2. The van der Waals surface area contributed by atoms with E-state index in [0.29, 0.717) is 32.0 Å². The van der Waals surface area contributed by atoms with Crippen LogP contribution < -0.4 is 5.32 Å². The number of nitrogens with one attached hydrogen (secondary N) is 1. The van der Waals surface area contributed by atoms with Gasteiger partial charge in [-0.2, -0.15) is 0 Å². The van der Waals surface area contributed by atoms with Gasteiger partial charge >= 0.3 is 0 Å². The highest BCUT2D eigenvalue weighted by Gasteiger charge is 2.38. The first kappa shape index (κ1) is 16.1. The Bertz CT molecular complexity index is 746. The Morgan fingerprint density at radius 3 is 2.92 bits per heavy atom. The van der Waals surface area contributed by atoms with E-state index in [2.05, 4.69) is 10.3 Å². The zero-order valence-corrected chi connectivity index (χ0v) is 14.4. The first-order chi connectivity index (χ1) is 12.2. The lowest BCUT2D eigenvalue weighted by molar-refractivity contribution is -0.130. The van der Waals surface area contributed by atoms with Crippen LogP contribution in [0.15, 0.2) is 30.6 Å². The minimum Gasteiger partial charge on any atom is -0.355 e. The third-order valence-corrected chi connectivity index (χ3v) is 5.39. The minimum atomic E-state index is -0.200. The van der Waals surface area contributed by atoms with Crippen LogP contribution in [0.3, 0.4) is 0 Å². The van der Waals surface area contributed by atoms with Crippen molar-refractivity contribution in [2.45, 2.75) is 44.6 Å². The molecule has 6 heteroatoms. The van der Waals surface area contributed by atoms with E-state index in [-0.39, 0.29) is 17.7 Å². The molecule has 1 aliphatic carbocycles. The van der Waals surface area contributed by atoms with Crippen molar-refractivity contribution in [3.63, 3.8) is 0 Å². The number of imidazole rings is 1. The van der Waals surface area contributed by atoms with Crippen molar-refractivity contribution in [3.8, 4) is 0 Å². The number of aromatic nitrogens is 2. The van der Waals surface area contributed by atoms with Crippen molar-refractivity contribution in [3.05, 3.63) is 36.3 Å². The summed E-state index contributed by atoms with van der Waals surface area (Å²) in [7, 11) is 0. The van der Waals surface area contributed by atoms with Crippen molar-refractivity contribution < 1.29 is 9.59 Å². The lowest BCUT2D eigenvalue weighted by Crippen LogP contribution is -2.37. The molecule has 2 amide bonds. The third-order valence-electron chi connectivity index (χ3n) is 5.39. The number of carbonyl (C=O) groups is 2. The second-order valence-electron chi connectivity index (χ2n) is 7.12. The van der Waals surface area contributed by atoms with Gasteiger partial charge in [0.05, 0.1) is 11.6 Å². The Morgan fingerprint density at radius 2 is 2.12 bits per heavy atom. The summed E-state index contributed by atoms with van der Waals surface area (Å²) in [6.45, 7) is 1.14. The summed E-state index contributed by atoms with van der Waals surface area (Å²) in [5.41, 5.74) is 1.87. The summed E-state index contributed by atoms with van der Waals surface area (Å²) in [5.74, 6) is -0.0563.